The molecule has 0 saturated heterocycles. The lowest BCUT2D eigenvalue weighted by Gasteiger charge is -2.12. The van der Waals surface area contributed by atoms with Gasteiger partial charge in [0.1, 0.15) is 11.5 Å². The van der Waals surface area contributed by atoms with Crippen molar-refractivity contribution in [1.29, 1.82) is 0 Å². The number of carbonyl (C=O) groups excluding carboxylic acids is 1. The maximum atomic E-state index is 12.7. The summed E-state index contributed by atoms with van der Waals surface area (Å²) in [5.41, 5.74) is 4.50. The lowest BCUT2D eigenvalue weighted by atomic mass is 9.98. The van der Waals surface area contributed by atoms with Gasteiger partial charge in [-0.25, -0.2) is 9.78 Å². The van der Waals surface area contributed by atoms with Crippen molar-refractivity contribution in [3.05, 3.63) is 82.9 Å². The number of hydrogen-bond acceptors (Lipinski definition) is 3. The van der Waals surface area contributed by atoms with Gasteiger partial charge in [0, 0.05) is 13.0 Å². The van der Waals surface area contributed by atoms with E-state index in [1.54, 1.807) is 12.1 Å². The molecule has 2 aromatic carbocycles. The lowest BCUT2D eigenvalue weighted by molar-refractivity contribution is 0.0697. The van der Waals surface area contributed by atoms with Crippen LogP contribution in [0.4, 0.5) is 0 Å². The van der Waals surface area contributed by atoms with Gasteiger partial charge in [0.25, 0.3) is 0 Å². The zero-order valence-electron chi connectivity index (χ0n) is 17.0. The van der Waals surface area contributed by atoms with Gasteiger partial charge < -0.3 is 9.67 Å². The molecule has 0 radical (unpaired) electrons. The monoisotopic (exact) mass is 400 g/mol. The molecule has 0 unspecified atom stereocenters. The van der Waals surface area contributed by atoms with Crippen LogP contribution in [0.1, 0.15) is 64.1 Å². The predicted octanol–water partition coefficient (Wildman–Crippen LogP) is 5.24. The van der Waals surface area contributed by atoms with E-state index in [2.05, 4.69) is 0 Å². The number of aromatic nitrogens is 2. The van der Waals surface area contributed by atoms with Crippen molar-refractivity contribution in [3.8, 4) is 11.1 Å². The number of fused-ring (bicyclic) bond motifs is 1. The summed E-state index contributed by atoms with van der Waals surface area (Å²) in [6, 6.07) is 14.8. The molecule has 0 atom stereocenters. The smallest absolute Gasteiger partial charge is 0.336 e. The Bertz CT molecular complexity index is 1120. The standard InChI is InChI=1S/C25H24N2O3/c1-2-7-23-26-21-10-5-6-11-22(28)24(21)27(23)16-17-12-14-18(15-13-17)19-8-3-4-9-20(19)25(29)30/h2-4,7-9,12-15H,5-6,10-11,16H2,1H3,(H,29,30)/b7-2+. The van der Waals surface area contributed by atoms with Gasteiger partial charge in [0.05, 0.1) is 11.3 Å². The summed E-state index contributed by atoms with van der Waals surface area (Å²) in [5.74, 6) is 0.0288. The van der Waals surface area contributed by atoms with Crippen LogP contribution in [0.3, 0.4) is 0 Å². The van der Waals surface area contributed by atoms with Crippen LogP contribution < -0.4 is 0 Å². The van der Waals surface area contributed by atoms with Crippen LogP contribution in [0, 0.1) is 0 Å². The third-order valence-electron chi connectivity index (χ3n) is 5.48. The molecule has 0 bridgehead atoms. The summed E-state index contributed by atoms with van der Waals surface area (Å²) in [6.45, 7) is 2.50. The first kappa shape index (κ1) is 19.8. The molecular formula is C25H24N2O3. The maximum absolute atomic E-state index is 12.7. The Morgan fingerprint density at radius 2 is 1.83 bits per heavy atom. The summed E-state index contributed by atoms with van der Waals surface area (Å²) in [7, 11) is 0. The first-order valence-corrected chi connectivity index (χ1v) is 10.3. The van der Waals surface area contributed by atoms with Gasteiger partial charge in [0.2, 0.25) is 0 Å². The number of carbonyl (C=O) groups is 2. The van der Waals surface area contributed by atoms with E-state index in [0.29, 0.717) is 18.5 Å². The molecule has 0 saturated carbocycles. The fourth-order valence-electron chi connectivity index (χ4n) is 4.03. The van der Waals surface area contributed by atoms with Crippen LogP contribution in [0.5, 0.6) is 0 Å². The second-order valence-electron chi connectivity index (χ2n) is 7.53. The molecule has 5 heteroatoms. The van der Waals surface area contributed by atoms with Gasteiger partial charge in [-0.3, -0.25) is 4.79 Å². The van der Waals surface area contributed by atoms with Crippen LogP contribution >= 0.6 is 0 Å². The molecule has 3 aromatic rings. The third kappa shape index (κ3) is 3.83. The van der Waals surface area contributed by atoms with Gasteiger partial charge in [-0.15, -0.1) is 0 Å². The second kappa shape index (κ2) is 8.49. The number of Topliss-reactive ketones (excluding diaryl/α,β-unsaturated/α-hetero) is 1. The minimum absolute atomic E-state index is 0.165. The number of benzene rings is 2. The summed E-state index contributed by atoms with van der Waals surface area (Å²) in [6.07, 6.45) is 7.19. The molecule has 5 nitrogen and oxygen atoms in total. The molecule has 152 valence electrons. The highest BCUT2D eigenvalue weighted by atomic mass is 16.4. The van der Waals surface area contributed by atoms with E-state index >= 15 is 0 Å². The Morgan fingerprint density at radius 3 is 2.57 bits per heavy atom. The highest BCUT2D eigenvalue weighted by Crippen LogP contribution is 2.26. The Balaban J connectivity index is 1.69. The number of ketones is 1. The molecule has 30 heavy (non-hydrogen) atoms. The third-order valence-corrected chi connectivity index (χ3v) is 5.48. The summed E-state index contributed by atoms with van der Waals surface area (Å²) >= 11 is 0. The van der Waals surface area contributed by atoms with E-state index in [4.69, 9.17) is 4.98 Å². The zero-order valence-corrected chi connectivity index (χ0v) is 17.0. The molecule has 0 aliphatic heterocycles. The average Bonchev–Trinajstić information content (AvgIpc) is 2.97. The van der Waals surface area contributed by atoms with Crippen molar-refractivity contribution < 1.29 is 14.7 Å². The van der Waals surface area contributed by atoms with Gasteiger partial charge >= 0.3 is 5.97 Å². The molecule has 1 N–H and O–H groups in total. The van der Waals surface area contributed by atoms with E-state index in [0.717, 1.165) is 47.6 Å². The molecule has 0 spiro atoms. The Kier molecular flexibility index (Phi) is 5.61. The van der Waals surface area contributed by atoms with Crippen molar-refractivity contribution in [3.63, 3.8) is 0 Å². The second-order valence-corrected chi connectivity index (χ2v) is 7.53. The maximum Gasteiger partial charge on any atom is 0.336 e. The van der Waals surface area contributed by atoms with E-state index in [1.807, 2.05) is 60.0 Å². The topological polar surface area (TPSA) is 72.2 Å². The molecule has 1 aliphatic rings. The number of imidazole rings is 1. The van der Waals surface area contributed by atoms with Gasteiger partial charge in [-0.1, -0.05) is 48.5 Å². The largest absolute Gasteiger partial charge is 0.478 e. The highest BCUT2D eigenvalue weighted by molar-refractivity contribution is 5.97. The number of allylic oxidation sites excluding steroid dienone is 1. The van der Waals surface area contributed by atoms with Crippen molar-refractivity contribution in [2.24, 2.45) is 0 Å². The fourth-order valence-corrected chi connectivity index (χ4v) is 4.03. The van der Waals surface area contributed by atoms with E-state index < -0.39 is 5.97 Å². The molecule has 1 heterocycles. The van der Waals surface area contributed by atoms with E-state index in [-0.39, 0.29) is 11.3 Å². The van der Waals surface area contributed by atoms with Gasteiger partial charge in [-0.05, 0) is 55.0 Å². The van der Waals surface area contributed by atoms with Crippen LogP contribution in [0.2, 0.25) is 0 Å². The first-order chi connectivity index (χ1) is 14.6. The van der Waals surface area contributed by atoms with Gasteiger partial charge in [-0.2, -0.15) is 0 Å². The number of nitrogens with zero attached hydrogens (tertiary/aromatic N) is 2. The van der Waals surface area contributed by atoms with Crippen LogP contribution in [0.25, 0.3) is 17.2 Å². The highest BCUT2D eigenvalue weighted by Gasteiger charge is 2.24. The minimum Gasteiger partial charge on any atom is -0.478 e. The quantitative estimate of drug-likeness (QED) is 0.595. The summed E-state index contributed by atoms with van der Waals surface area (Å²) < 4.78 is 2.02. The summed E-state index contributed by atoms with van der Waals surface area (Å²) in [4.78, 5) is 29.0. The normalized spacial score (nSPS) is 14.0. The van der Waals surface area contributed by atoms with Crippen molar-refractivity contribution in [1.82, 2.24) is 9.55 Å². The van der Waals surface area contributed by atoms with E-state index in [9.17, 15) is 14.7 Å². The number of hydrogen-bond donors (Lipinski definition) is 1. The van der Waals surface area contributed by atoms with Crippen LogP contribution in [-0.2, 0) is 13.0 Å². The minimum atomic E-state index is -0.940. The Labute approximate surface area is 175 Å². The molecule has 1 aromatic heterocycles. The number of aryl methyl sites for hydroxylation is 1. The molecule has 0 amide bonds. The molecular weight excluding hydrogens is 376 g/mol. The molecule has 4 rings (SSSR count). The Hall–Kier alpha value is -3.47. The number of carboxylic acids is 1. The van der Waals surface area contributed by atoms with Crippen LogP contribution in [0.15, 0.2) is 54.6 Å². The molecule has 0 fully saturated rings. The number of rotatable bonds is 5. The zero-order chi connectivity index (χ0) is 21.1. The number of carboxylic acid groups (broad SMARTS) is 1. The van der Waals surface area contributed by atoms with Crippen molar-refractivity contribution in [2.45, 2.75) is 39.2 Å². The van der Waals surface area contributed by atoms with Gasteiger partial charge in [0.15, 0.2) is 5.78 Å². The lowest BCUT2D eigenvalue weighted by Crippen LogP contribution is -2.12. The SMILES string of the molecule is C/C=C/c1nc2c(n1Cc1ccc(-c3ccccc3C(=O)O)cc1)C(=O)CCCC2. The van der Waals surface area contributed by atoms with E-state index in [1.165, 1.54) is 0 Å². The Morgan fingerprint density at radius 1 is 1.10 bits per heavy atom. The fraction of sp³-hybridized carbons (Fsp3) is 0.240. The molecule has 1 aliphatic carbocycles. The van der Waals surface area contributed by atoms with Crippen molar-refractivity contribution >= 4 is 17.8 Å². The predicted molar refractivity (Wildman–Crippen MR) is 117 cm³/mol. The van der Waals surface area contributed by atoms with Crippen molar-refractivity contribution in [2.75, 3.05) is 0 Å². The summed E-state index contributed by atoms with van der Waals surface area (Å²) in [5, 5.41) is 9.45. The number of aromatic carboxylic acids is 1. The first-order valence-electron chi connectivity index (χ1n) is 10.3. The van der Waals surface area contributed by atoms with Crippen LogP contribution in [-0.4, -0.2) is 26.4 Å². The average molecular weight is 400 g/mol.